The molecule has 0 saturated heterocycles. The lowest BCUT2D eigenvalue weighted by Crippen LogP contribution is -2.05. The van der Waals surface area contributed by atoms with Crippen LogP contribution in [0.15, 0.2) is 58.3 Å². The molecule has 0 radical (unpaired) electrons. The number of aryl methyl sites for hydroxylation is 1. The minimum atomic E-state index is 0.907. The highest BCUT2D eigenvalue weighted by molar-refractivity contribution is 7.99. The zero-order valence-corrected chi connectivity index (χ0v) is 13.3. The Bertz CT molecular complexity index is 731. The van der Waals surface area contributed by atoms with Crippen molar-refractivity contribution in [3.05, 3.63) is 59.0 Å². The van der Waals surface area contributed by atoms with Gasteiger partial charge in [-0.15, -0.1) is 11.3 Å². The highest BCUT2D eigenvalue weighted by Gasteiger charge is 2.11. The van der Waals surface area contributed by atoms with Crippen molar-refractivity contribution in [2.24, 2.45) is 0 Å². The summed E-state index contributed by atoms with van der Waals surface area (Å²) in [5.74, 6) is 0. The zero-order chi connectivity index (χ0) is 13.9. The van der Waals surface area contributed by atoms with Gasteiger partial charge < -0.3 is 5.32 Å². The van der Waals surface area contributed by atoms with Crippen LogP contribution < -0.4 is 5.32 Å². The average molecular weight is 299 g/mol. The van der Waals surface area contributed by atoms with Crippen molar-refractivity contribution in [1.82, 2.24) is 5.32 Å². The molecule has 0 fully saturated rings. The molecule has 102 valence electrons. The van der Waals surface area contributed by atoms with Crippen molar-refractivity contribution in [2.75, 3.05) is 7.05 Å². The highest BCUT2D eigenvalue weighted by Crippen LogP contribution is 2.41. The molecule has 0 atom stereocenters. The van der Waals surface area contributed by atoms with Crippen LogP contribution in [0.2, 0.25) is 0 Å². The van der Waals surface area contributed by atoms with Crippen LogP contribution in [0.5, 0.6) is 0 Å². The third kappa shape index (κ3) is 2.62. The molecule has 0 aliphatic rings. The van der Waals surface area contributed by atoms with Gasteiger partial charge in [0.05, 0.1) is 0 Å². The predicted molar refractivity (Wildman–Crippen MR) is 89.9 cm³/mol. The van der Waals surface area contributed by atoms with E-state index in [1.165, 1.54) is 30.3 Å². The summed E-state index contributed by atoms with van der Waals surface area (Å²) in [6.45, 7) is 3.12. The Labute approximate surface area is 128 Å². The van der Waals surface area contributed by atoms with Crippen LogP contribution in [-0.2, 0) is 6.54 Å². The van der Waals surface area contributed by atoms with E-state index in [0.717, 1.165) is 6.54 Å². The molecular formula is C17H17NS2. The van der Waals surface area contributed by atoms with Crippen LogP contribution in [0.1, 0.15) is 10.4 Å². The highest BCUT2D eigenvalue weighted by atomic mass is 32.2. The van der Waals surface area contributed by atoms with E-state index in [2.05, 4.69) is 60.8 Å². The molecule has 1 aromatic heterocycles. The van der Waals surface area contributed by atoms with E-state index in [1.807, 2.05) is 30.1 Å². The molecule has 2 aromatic carbocycles. The van der Waals surface area contributed by atoms with Gasteiger partial charge in [0, 0.05) is 31.3 Å². The molecule has 0 amide bonds. The van der Waals surface area contributed by atoms with Gasteiger partial charge >= 0.3 is 0 Å². The lowest BCUT2D eigenvalue weighted by molar-refractivity contribution is 0.803. The van der Waals surface area contributed by atoms with Crippen molar-refractivity contribution in [2.45, 2.75) is 23.3 Å². The van der Waals surface area contributed by atoms with E-state index in [4.69, 9.17) is 0 Å². The minimum absolute atomic E-state index is 0.907. The molecule has 0 bridgehead atoms. The van der Waals surface area contributed by atoms with Gasteiger partial charge in [-0.05, 0) is 31.7 Å². The summed E-state index contributed by atoms with van der Waals surface area (Å²) in [7, 11) is 1.99. The molecule has 1 heterocycles. The second kappa shape index (κ2) is 6.00. The maximum atomic E-state index is 3.25. The van der Waals surface area contributed by atoms with Gasteiger partial charge in [-0.3, -0.25) is 0 Å². The topological polar surface area (TPSA) is 12.0 Å². The number of hydrogen-bond donors (Lipinski definition) is 1. The molecule has 0 aliphatic carbocycles. The Kier molecular flexibility index (Phi) is 4.10. The fraction of sp³-hybridized carbons (Fsp3) is 0.176. The molecule has 0 spiro atoms. The van der Waals surface area contributed by atoms with E-state index >= 15 is 0 Å². The molecule has 1 nitrogen and oxygen atoms in total. The summed E-state index contributed by atoms with van der Waals surface area (Å²) in [6, 6.07) is 17.3. The second-order valence-corrected chi connectivity index (χ2v) is 7.03. The predicted octanol–water partition coefficient (Wildman–Crippen LogP) is 5.08. The summed E-state index contributed by atoms with van der Waals surface area (Å²) >= 11 is 3.77. The van der Waals surface area contributed by atoms with E-state index in [0.29, 0.717) is 0 Å². The third-order valence-electron chi connectivity index (χ3n) is 3.27. The molecule has 3 heteroatoms. The molecular weight excluding hydrogens is 282 g/mol. The van der Waals surface area contributed by atoms with Crippen molar-refractivity contribution in [3.63, 3.8) is 0 Å². The molecule has 0 aliphatic heterocycles. The fourth-order valence-corrected chi connectivity index (χ4v) is 4.66. The van der Waals surface area contributed by atoms with Crippen LogP contribution in [0.25, 0.3) is 10.1 Å². The quantitative estimate of drug-likeness (QED) is 0.721. The summed E-state index contributed by atoms with van der Waals surface area (Å²) in [5.41, 5.74) is 1.36. The minimum Gasteiger partial charge on any atom is -0.316 e. The lowest BCUT2D eigenvalue weighted by Gasteiger charge is -2.09. The Balaban J connectivity index is 2.03. The Morgan fingerprint density at radius 2 is 1.80 bits per heavy atom. The van der Waals surface area contributed by atoms with Crippen LogP contribution in [0, 0.1) is 6.92 Å². The van der Waals surface area contributed by atoms with Gasteiger partial charge in [-0.2, -0.15) is 0 Å². The number of thiophene rings is 1. The van der Waals surface area contributed by atoms with E-state index in [-0.39, 0.29) is 0 Å². The number of benzene rings is 2. The summed E-state index contributed by atoms with van der Waals surface area (Å²) in [5, 5.41) is 4.62. The van der Waals surface area contributed by atoms with Crippen LogP contribution >= 0.6 is 23.1 Å². The average Bonchev–Trinajstić information content (AvgIpc) is 2.78. The van der Waals surface area contributed by atoms with Gasteiger partial charge in [0.1, 0.15) is 0 Å². The van der Waals surface area contributed by atoms with Gasteiger partial charge in [0.25, 0.3) is 0 Å². The zero-order valence-electron chi connectivity index (χ0n) is 11.6. The monoisotopic (exact) mass is 299 g/mol. The smallest absolute Gasteiger partial charge is 0.0357 e. The van der Waals surface area contributed by atoms with Crippen molar-refractivity contribution < 1.29 is 0 Å². The summed E-state index contributed by atoms with van der Waals surface area (Å²) in [4.78, 5) is 4.14. The van der Waals surface area contributed by atoms with E-state index in [1.54, 1.807) is 0 Å². The van der Waals surface area contributed by atoms with Crippen molar-refractivity contribution >= 4 is 33.2 Å². The van der Waals surface area contributed by atoms with Crippen LogP contribution in [-0.4, -0.2) is 7.05 Å². The lowest BCUT2D eigenvalue weighted by atomic mass is 10.2. The SMILES string of the molecule is CNCc1ccccc1Sc1c(C)sc2ccccc12. The largest absolute Gasteiger partial charge is 0.316 e. The molecule has 3 aromatic rings. The van der Waals surface area contributed by atoms with Crippen LogP contribution in [0.3, 0.4) is 0 Å². The number of fused-ring (bicyclic) bond motifs is 1. The summed E-state index contributed by atoms with van der Waals surface area (Å²) in [6.07, 6.45) is 0. The second-order valence-electron chi connectivity index (χ2n) is 4.72. The molecule has 1 N–H and O–H groups in total. The maximum Gasteiger partial charge on any atom is 0.0357 e. The van der Waals surface area contributed by atoms with Gasteiger partial charge in [-0.25, -0.2) is 0 Å². The molecule has 20 heavy (non-hydrogen) atoms. The van der Waals surface area contributed by atoms with E-state index < -0.39 is 0 Å². The van der Waals surface area contributed by atoms with Crippen molar-refractivity contribution in [1.29, 1.82) is 0 Å². The van der Waals surface area contributed by atoms with Gasteiger partial charge in [0.2, 0.25) is 0 Å². The first-order chi connectivity index (χ1) is 9.79. The summed E-state index contributed by atoms with van der Waals surface area (Å²) < 4.78 is 1.37. The Hall–Kier alpha value is -1.29. The Morgan fingerprint density at radius 3 is 2.65 bits per heavy atom. The van der Waals surface area contributed by atoms with Gasteiger partial charge in [-0.1, -0.05) is 48.2 Å². The third-order valence-corrected chi connectivity index (χ3v) is 5.83. The van der Waals surface area contributed by atoms with E-state index in [9.17, 15) is 0 Å². The number of rotatable bonds is 4. The molecule has 0 saturated carbocycles. The van der Waals surface area contributed by atoms with Crippen molar-refractivity contribution in [3.8, 4) is 0 Å². The standard InChI is InChI=1S/C17H17NS2/c1-12-17(14-8-4-6-10-16(14)19-12)20-15-9-5-3-7-13(15)11-18-2/h3-10,18H,11H2,1-2H3. The molecule has 0 unspecified atom stereocenters. The molecule has 3 rings (SSSR count). The Morgan fingerprint density at radius 1 is 1.05 bits per heavy atom. The van der Waals surface area contributed by atoms with Gasteiger partial charge in [0.15, 0.2) is 0 Å². The number of nitrogens with one attached hydrogen (secondary N) is 1. The first-order valence-electron chi connectivity index (χ1n) is 6.68. The number of hydrogen-bond acceptors (Lipinski definition) is 3. The maximum absolute atomic E-state index is 3.25. The first kappa shape index (κ1) is 13.7. The normalized spacial score (nSPS) is 11.1. The fourth-order valence-electron chi connectivity index (χ4n) is 2.32. The first-order valence-corrected chi connectivity index (χ1v) is 8.31. The van der Waals surface area contributed by atoms with Crippen LogP contribution in [0.4, 0.5) is 0 Å².